The maximum atomic E-state index is 6.75. The van der Waals surface area contributed by atoms with Crippen LogP contribution in [0.25, 0.3) is 63.9 Å². The summed E-state index contributed by atoms with van der Waals surface area (Å²) < 4.78 is 9.89. The van der Waals surface area contributed by atoms with Crippen LogP contribution < -0.4 is 0 Å². The first kappa shape index (κ1) is 102. The Balaban J connectivity index is 0.000000610. The van der Waals surface area contributed by atoms with E-state index in [1.165, 1.54) is 113 Å². The summed E-state index contributed by atoms with van der Waals surface area (Å²) in [7, 11) is -0.186. The zero-order chi connectivity index (χ0) is 69.6. The Bertz CT molecular complexity index is 1560. The van der Waals surface area contributed by atoms with Gasteiger partial charge in [0.05, 0.1) is 67.9 Å². The van der Waals surface area contributed by atoms with Crippen molar-refractivity contribution in [2.45, 2.75) is 479 Å². The topological polar surface area (TPSA) is 253 Å². The van der Waals surface area contributed by atoms with Gasteiger partial charge in [-0.05, 0) is 334 Å². The van der Waals surface area contributed by atoms with Gasteiger partial charge in [-0.25, -0.2) is 0 Å². The largest absolute Gasteiger partial charge is 1.00 e. The summed E-state index contributed by atoms with van der Waals surface area (Å²) in [5, 5.41) is 0. The van der Waals surface area contributed by atoms with Gasteiger partial charge in [0.1, 0.15) is 0 Å². The van der Waals surface area contributed by atoms with Gasteiger partial charge in [-0.2, -0.15) is 0 Å². The molecule has 22 heteroatoms. The van der Waals surface area contributed by atoms with Gasteiger partial charge in [0.25, 0.3) is 0 Å². The molecule has 0 aromatic heterocycles. The molecule has 0 N–H and O–H groups in total. The SMILES string of the molecule is C1CCC([PH+](C2CCCCC2)C2CCCCC2)CC1.C1CCC([PH+](C2CCCCC2)C2CCCCC2)CC1.C1CCC([PH+](C2CCCCC2)C2CCCCC2)CC1.C1CCC([PH+](C2CCCCC2)C2CCCCC2)CC1.C1CCOC1.C1CCOC1.[Ag+].[Ag+].[Ag+].[Ag+].[N-]=[N+]=[N-].[N-]=[N+]=[N-].[N-]=[N+]=[N-].[N-]=[N+]=[N-]. The second kappa shape index (κ2) is 69.5. The fourth-order valence-electron chi connectivity index (χ4n) is 22.3. The zero-order valence-corrected chi connectivity index (χ0v) is 74.3. The standard InChI is InChI=1S/4C18H33P.2C4H8O.4Ag.4N3/c4*1-4-10-16(11-5-1)19(17-12-6-2-7-13-17)18-14-8-3-9-15-18;2*1-2-4-5-3-1;;;;;4*1-3-2/h4*16-18H,1-15H2;2*1-4H2;;;;;;;;/q;;;;;;4*+1;4*-1/p+4. The predicted octanol–water partition coefficient (Wildman–Crippen LogP) is 29.8. The maximum Gasteiger partial charge on any atom is 1.00 e. The predicted molar refractivity (Wildman–Crippen MR) is 436 cm³/mol. The van der Waals surface area contributed by atoms with Crippen LogP contribution in [0, 0.1) is 0 Å². The Morgan fingerprint density at radius 2 is 0.225 bits per heavy atom. The summed E-state index contributed by atoms with van der Waals surface area (Å²) >= 11 is 0. The Hall–Kier alpha value is 1.84. The summed E-state index contributed by atoms with van der Waals surface area (Å²) in [6.45, 7) is 4.00. The molecule has 12 saturated carbocycles. The van der Waals surface area contributed by atoms with Crippen molar-refractivity contribution in [3.8, 4) is 0 Å². The van der Waals surface area contributed by atoms with Crippen molar-refractivity contribution in [3.05, 3.63) is 63.9 Å². The van der Waals surface area contributed by atoms with Crippen molar-refractivity contribution in [1.29, 1.82) is 0 Å². The molecule has 14 rings (SSSR count). The normalized spacial score (nSPS) is 24.2. The number of rotatable bonds is 12. The molecule has 0 aromatic rings. The van der Waals surface area contributed by atoms with Crippen LogP contribution in [0.5, 0.6) is 0 Å². The monoisotopic (exact) mass is 1860 g/mol. The summed E-state index contributed by atoms with van der Waals surface area (Å²) in [5.74, 6) is 0. The molecule has 0 amide bonds. The van der Waals surface area contributed by atoms with E-state index in [-0.39, 0.29) is 121 Å². The van der Waals surface area contributed by atoms with E-state index >= 15 is 0 Å². The third-order valence-corrected chi connectivity index (χ3v) is 44.8. The summed E-state index contributed by atoms with van der Waals surface area (Å²) in [6, 6.07) is 0. The van der Waals surface area contributed by atoms with Gasteiger partial charge in [-0.1, -0.05) is 77.0 Å². The molecule has 14 nitrogen and oxygen atoms in total. The second-order valence-corrected chi connectivity index (χ2v) is 46.8. The number of hydrogen-bond acceptors (Lipinski definition) is 2. The van der Waals surface area contributed by atoms with E-state index in [0.717, 1.165) is 26.4 Å². The van der Waals surface area contributed by atoms with E-state index in [2.05, 4.69) is 0 Å². The van der Waals surface area contributed by atoms with Crippen molar-refractivity contribution >= 4 is 31.7 Å². The third kappa shape index (κ3) is 42.6. The Morgan fingerprint density at radius 3 is 0.284 bits per heavy atom. The second-order valence-electron chi connectivity index (χ2n) is 33.0. The molecule has 0 unspecified atom stereocenters. The van der Waals surface area contributed by atoms with Crippen LogP contribution in [0.3, 0.4) is 0 Å². The van der Waals surface area contributed by atoms with Crippen LogP contribution in [0.4, 0.5) is 0 Å². The minimum atomic E-state index is -0.0465. The Labute approximate surface area is 693 Å². The van der Waals surface area contributed by atoms with Gasteiger partial charge in [-0.3, -0.25) is 19.6 Å². The average Bonchev–Trinajstić information content (AvgIpc) is 0.956. The first-order chi connectivity index (χ1) is 48.5. The number of nitrogens with zero attached hydrogens (tertiary/aromatic N) is 12. The first-order valence-corrected chi connectivity index (χ1v) is 49.9. The van der Waals surface area contributed by atoms with Crippen molar-refractivity contribution < 1.29 is 99.0 Å². The van der Waals surface area contributed by atoms with Crippen LogP contribution in [-0.4, -0.2) is 94.3 Å². The van der Waals surface area contributed by atoms with E-state index < -0.39 is 0 Å². The minimum Gasteiger partial charge on any atom is -0.381 e. The molecule has 12 aliphatic carbocycles. The number of hydrogen-bond donors (Lipinski definition) is 0. The van der Waals surface area contributed by atoms with Crippen LogP contribution >= 0.6 is 31.7 Å². The van der Waals surface area contributed by atoms with E-state index in [1.54, 1.807) is 385 Å². The van der Waals surface area contributed by atoms with Crippen molar-refractivity contribution in [2.75, 3.05) is 26.4 Å². The Kier molecular flexibility index (Phi) is 69.4. The van der Waals surface area contributed by atoms with Gasteiger partial charge in [0, 0.05) is 58.1 Å². The summed E-state index contributed by atoms with van der Waals surface area (Å²) in [6.07, 6.45) is 100. The van der Waals surface area contributed by atoms with E-state index in [0.29, 0.717) is 0 Å². The van der Waals surface area contributed by atoms with Gasteiger partial charge in [-0.15, -0.1) is 0 Å². The molecule has 604 valence electrons. The summed E-state index contributed by atoms with van der Waals surface area (Å²) in [5.41, 5.74) is 68.7. The summed E-state index contributed by atoms with van der Waals surface area (Å²) in [4.78, 5) is 6.00. The molecule has 2 saturated heterocycles. The molecule has 0 aromatic carbocycles. The van der Waals surface area contributed by atoms with Crippen LogP contribution in [-0.2, 0) is 99.0 Å². The van der Waals surface area contributed by atoms with Crippen molar-refractivity contribution in [2.24, 2.45) is 0 Å². The zero-order valence-electron chi connectivity index (χ0n) is 64.4. The molecule has 2 aliphatic heterocycles. The average molecular weight is 1870 g/mol. The molecular weight excluding hydrogens is 1720 g/mol. The van der Waals surface area contributed by atoms with Gasteiger partial charge < -0.3 is 53.7 Å². The number of ether oxygens (including phenoxy) is 2. The van der Waals surface area contributed by atoms with E-state index in [9.17, 15) is 0 Å². The van der Waals surface area contributed by atoms with Gasteiger partial charge in [0.2, 0.25) is 0 Å². The van der Waals surface area contributed by atoms with Crippen LogP contribution in [0.2, 0.25) is 0 Å². The molecule has 2 heterocycles. The van der Waals surface area contributed by atoms with Gasteiger partial charge >= 0.3 is 89.5 Å². The molecular formula is C80H152Ag4N12O2P4+4. The molecule has 102 heavy (non-hydrogen) atoms. The molecule has 0 atom stereocenters. The smallest absolute Gasteiger partial charge is 0.381 e. The van der Waals surface area contributed by atoms with Crippen molar-refractivity contribution in [1.82, 2.24) is 0 Å². The first-order valence-electron chi connectivity index (χ1n) is 43.0. The van der Waals surface area contributed by atoms with Crippen LogP contribution in [0.15, 0.2) is 0 Å². The van der Waals surface area contributed by atoms with Crippen LogP contribution in [0.1, 0.15) is 411 Å². The fraction of sp³-hybridized carbons (Fsp3) is 1.00. The fourth-order valence-corrected chi connectivity index (χ4v) is 43.2. The Morgan fingerprint density at radius 1 is 0.147 bits per heavy atom. The van der Waals surface area contributed by atoms with E-state index in [4.69, 9.17) is 53.7 Å². The third-order valence-electron chi connectivity index (χ3n) is 26.6. The van der Waals surface area contributed by atoms with Gasteiger partial charge in [0.15, 0.2) is 0 Å². The maximum absolute atomic E-state index is 6.75. The molecule has 14 aliphatic rings. The molecule has 0 spiro atoms. The quantitative estimate of drug-likeness (QED) is 0.0607. The van der Waals surface area contributed by atoms with Crippen molar-refractivity contribution in [3.63, 3.8) is 0 Å². The minimum absolute atomic E-state index is 0. The van der Waals surface area contributed by atoms with E-state index in [1.807, 2.05) is 0 Å². The molecule has 0 radical (unpaired) electrons. The molecule has 14 fully saturated rings. The molecule has 0 bridgehead atoms.